The molecule has 0 atom stereocenters. The first kappa shape index (κ1) is 13.6. The molecule has 0 N–H and O–H groups in total. The van der Waals surface area contributed by atoms with E-state index in [0.29, 0.717) is 12.0 Å². The number of hydrogen-bond acceptors (Lipinski definition) is 2. The maximum atomic E-state index is 4.70. The van der Waals surface area contributed by atoms with Crippen LogP contribution in [0.4, 0.5) is 0 Å². The summed E-state index contributed by atoms with van der Waals surface area (Å²) in [5.74, 6) is 1.46. The van der Waals surface area contributed by atoms with E-state index in [-0.39, 0.29) is 0 Å². The quantitative estimate of drug-likeness (QED) is 0.413. The molecule has 0 aromatic heterocycles. The molecule has 18 heavy (non-hydrogen) atoms. The first-order chi connectivity index (χ1) is 8.79. The van der Waals surface area contributed by atoms with Crippen LogP contribution in [0.3, 0.4) is 0 Å². The lowest BCUT2D eigenvalue weighted by molar-refractivity contribution is 0.198. The second-order valence-electron chi connectivity index (χ2n) is 6.04. The predicted octanol–water partition coefficient (Wildman–Crippen LogP) is 4.23. The van der Waals surface area contributed by atoms with E-state index in [4.69, 9.17) is 5.10 Å². The molecule has 0 bridgehead atoms. The van der Waals surface area contributed by atoms with Crippen LogP contribution in [0.15, 0.2) is 17.8 Å². The summed E-state index contributed by atoms with van der Waals surface area (Å²) in [4.78, 5) is 0. The molecule has 2 nitrogen and oxygen atoms in total. The van der Waals surface area contributed by atoms with Gasteiger partial charge in [0.2, 0.25) is 0 Å². The Morgan fingerprint density at radius 2 is 1.56 bits per heavy atom. The van der Waals surface area contributed by atoms with Crippen molar-refractivity contribution < 1.29 is 0 Å². The van der Waals surface area contributed by atoms with Crippen LogP contribution in [0.1, 0.15) is 57.8 Å². The van der Waals surface area contributed by atoms with Crippen LogP contribution in [0.25, 0.3) is 0 Å². The maximum Gasteiger partial charge on any atom is 0.0467 e. The van der Waals surface area contributed by atoms with Crippen LogP contribution in [0.5, 0.6) is 0 Å². The fourth-order valence-corrected chi connectivity index (χ4v) is 3.28. The summed E-state index contributed by atoms with van der Waals surface area (Å²) in [6.45, 7) is 3.90. The van der Waals surface area contributed by atoms with Crippen LogP contribution >= 0.6 is 0 Å². The number of hydrogen-bond donors (Lipinski definition) is 0. The van der Waals surface area contributed by atoms with E-state index in [9.17, 15) is 0 Å². The summed E-state index contributed by atoms with van der Waals surface area (Å²) in [5.41, 5.74) is 0. The van der Waals surface area contributed by atoms with Gasteiger partial charge in [-0.1, -0.05) is 25.3 Å². The molecule has 2 fully saturated rings. The van der Waals surface area contributed by atoms with E-state index < -0.39 is 0 Å². The summed E-state index contributed by atoms with van der Waals surface area (Å²) in [7, 11) is 2.15. The summed E-state index contributed by atoms with van der Waals surface area (Å²) in [5, 5.41) is 6.93. The number of nitrogens with zero attached hydrogens (tertiary/aromatic N) is 2. The van der Waals surface area contributed by atoms with Gasteiger partial charge < -0.3 is 0 Å². The molecule has 2 aliphatic rings. The zero-order chi connectivity index (χ0) is 12.8. The van der Waals surface area contributed by atoms with Gasteiger partial charge in [-0.15, -0.1) is 6.58 Å². The lowest BCUT2D eigenvalue weighted by Crippen LogP contribution is -2.29. The average molecular weight is 248 g/mol. The highest BCUT2D eigenvalue weighted by molar-refractivity contribution is 5.60. The molecule has 0 unspecified atom stereocenters. The molecule has 0 amide bonds. The van der Waals surface area contributed by atoms with Gasteiger partial charge in [-0.2, -0.15) is 5.10 Å². The van der Waals surface area contributed by atoms with Crippen molar-refractivity contribution in [2.24, 2.45) is 16.9 Å². The molecular formula is C16H28N2. The molecule has 2 saturated carbocycles. The highest BCUT2D eigenvalue weighted by atomic mass is 15.4. The van der Waals surface area contributed by atoms with Crippen molar-refractivity contribution >= 4 is 6.21 Å². The van der Waals surface area contributed by atoms with Gasteiger partial charge in [-0.3, -0.25) is 5.01 Å². The van der Waals surface area contributed by atoms with Crippen molar-refractivity contribution in [3.8, 4) is 0 Å². The van der Waals surface area contributed by atoms with Crippen molar-refractivity contribution in [3.05, 3.63) is 12.7 Å². The molecule has 0 radical (unpaired) electrons. The molecule has 0 aromatic rings. The Bertz CT molecular complexity index is 271. The Labute approximate surface area is 112 Å². The minimum Gasteiger partial charge on any atom is -0.297 e. The lowest BCUT2D eigenvalue weighted by Gasteiger charge is -2.30. The van der Waals surface area contributed by atoms with Gasteiger partial charge in [0.25, 0.3) is 0 Å². The fraction of sp³-hybridized carbons (Fsp3) is 0.812. The Kier molecular flexibility index (Phi) is 5.27. The molecular weight excluding hydrogens is 220 g/mol. The summed E-state index contributed by atoms with van der Waals surface area (Å²) >= 11 is 0. The topological polar surface area (TPSA) is 15.6 Å². The second kappa shape index (κ2) is 6.96. The maximum absolute atomic E-state index is 4.70. The van der Waals surface area contributed by atoms with E-state index in [2.05, 4.69) is 30.9 Å². The van der Waals surface area contributed by atoms with E-state index in [1.54, 1.807) is 0 Å². The number of hydrazone groups is 1. The Morgan fingerprint density at radius 1 is 0.944 bits per heavy atom. The largest absolute Gasteiger partial charge is 0.297 e. The standard InChI is InChI=1S/C16H28N2/c1-3-14-9-11-15(12-10-14)13-17-18(2)16-7-5-4-6-8-16/h3,13-16H,1,4-12H2,2H3. The fourth-order valence-electron chi connectivity index (χ4n) is 3.28. The lowest BCUT2D eigenvalue weighted by atomic mass is 9.83. The van der Waals surface area contributed by atoms with Gasteiger partial charge in [-0.25, -0.2) is 0 Å². The normalized spacial score (nSPS) is 30.5. The van der Waals surface area contributed by atoms with Crippen molar-refractivity contribution in [2.45, 2.75) is 63.8 Å². The van der Waals surface area contributed by atoms with Gasteiger partial charge in [0.1, 0.15) is 0 Å². The molecule has 2 heteroatoms. The highest BCUT2D eigenvalue weighted by Crippen LogP contribution is 2.28. The Balaban J connectivity index is 1.74. The molecule has 0 heterocycles. The SMILES string of the molecule is C=CC1CCC(C=NN(C)C2CCCCC2)CC1. The van der Waals surface area contributed by atoms with Gasteiger partial charge in [0.05, 0.1) is 0 Å². The molecule has 0 aliphatic heterocycles. The van der Waals surface area contributed by atoms with Gasteiger partial charge >= 0.3 is 0 Å². The summed E-state index contributed by atoms with van der Waals surface area (Å²) < 4.78 is 0. The van der Waals surface area contributed by atoms with Crippen molar-refractivity contribution in [1.29, 1.82) is 0 Å². The molecule has 2 rings (SSSR count). The summed E-state index contributed by atoms with van der Waals surface area (Å²) in [6, 6.07) is 0.694. The van der Waals surface area contributed by atoms with Gasteiger partial charge in [0, 0.05) is 19.3 Å². The zero-order valence-corrected chi connectivity index (χ0v) is 11.9. The predicted molar refractivity (Wildman–Crippen MR) is 78.8 cm³/mol. The number of rotatable bonds is 4. The van der Waals surface area contributed by atoms with E-state index in [1.165, 1.54) is 57.8 Å². The highest BCUT2D eigenvalue weighted by Gasteiger charge is 2.19. The smallest absolute Gasteiger partial charge is 0.0467 e. The van der Waals surface area contributed by atoms with Crippen LogP contribution in [0, 0.1) is 11.8 Å². The molecule has 0 aromatic carbocycles. The van der Waals surface area contributed by atoms with Gasteiger partial charge in [0.15, 0.2) is 0 Å². The second-order valence-corrected chi connectivity index (χ2v) is 6.04. The minimum absolute atomic E-state index is 0.694. The molecule has 2 aliphatic carbocycles. The Morgan fingerprint density at radius 3 is 2.17 bits per heavy atom. The monoisotopic (exact) mass is 248 g/mol. The van der Waals surface area contributed by atoms with E-state index in [1.807, 2.05) is 0 Å². The molecule has 102 valence electrons. The van der Waals surface area contributed by atoms with Crippen molar-refractivity contribution in [2.75, 3.05) is 7.05 Å². The zero-order valence-electron chi connectivity index (χ0n) is 11.9. The first-order valence-electron chi connectivity index (χ1n) is 7.69. The first-order valence-corrected chi connectivity index (χ1v) is 7.69. The third kappa shape index (κ3) is 3.86. The van der Waals surface area contributed by atoms with Crippen LogP contribution < -0.4 is 0 Å². The van der Waals surface area contributed by atoms with Crippen molar-refractivity contribution in [3.63, 3.8) is 0 Å². The average Bonchev–Trinajstić information content (AvgIpc) is 2.46. The van der Waals surface area contributed by atoms with Gasteiger partial charge in [-0.05, 0) is 50.4 Å². The molecule has 0 saturated heterocycles. The van der Waals surface area contributed by atoms with E-state index >= 15 is 0 Å². The molecule has 0 spiro atoms. The number of allylic oxidation sites excluding steroid dienone is 1. The van der Waals surface area contributed by atoms with Crippen LogP contribution in [-0.2, 0) is 0 Å². The van der Waals surface area contributed by atoms with E-state index in [0.717, 1.165) is 5.92 Å². The summed E-state index contributed by atoms with van der Waals surface area (Å²) in [6.07, 6.45) is 16.4. The third-order valence-electron chi connectivity index (χ3n) is 4.71. The Hall–Kier alpha value is -0.790. The third-order valence-corrected chi connectivity index (χ3v) is 4.71. The van der Waals surface area contributed by atoms with Crippen LogP contribution in [-0.4, -0.2) is 24.3 Å². The van der Waals surface area contributed by atoms with Crippen LogP contribution in [0.2, 0.25) is 0 Å². The minimum atomic E-state index is 0.694. The van der Waals surface area contributed by atoms with Crippen molar-refractivity contribution in [1.82, 2.24) is 5.01 Å².